The molecule has 1 aromatic rings. The molecule has 1 N–H and O–H groups in total. The molecule has 3 heteroatoms. The zero-order valence-corrected chi connectivity index (χ0v) is 11.5. The van der Waals surface area contributed by atoms with Crippen LogP contribution in [0.2, 0.25) is 0 Å². The van der Waals surface area contributed by atoms with E-state index in [4.69, 9.17) is 0 Å². The number of benzene rings is 1. The molecule has 1 saturated heterocycles. The number of hydrogen-bond donors (Lipinski definition) is 1. The Hall–Kier alpha value is -1.35. The summed E-state index contributed by atoms with van der Waals surface area (Å²) in [6, 6.07) is 10.8. The third kappa shape index (κ3) is 2.52. The molecule has 102 valence electrons. The molecular weight excluding hydrogens is 236 g/mol. The Bertz CT molecular complexity index is 441. The molecule has 19 heavy (non-hydrogen) atoms. The van der Waals surface area contributed by atoms with Gasteiger partial charge in [-0.1, -0.05) is 50.1 Å². The Labute approximate surface area is 115 Å². The van der Waals surface area contributed by atoms with Gasteiger partial charge in [0.2, 0.25) is 5.91 Å². The van der Waals surface area contributed by atoms with E-state index in [1.54, 1.807) is 0 Å². The Morgan fingerprint density at radius 3 is 2.63 bits per heavy atom. The van der Waals surface area contributed by atoms with Crippen LogP contribution >= 0.6 is 0 Å². The highest BCUT2D eigenvalue weighted by Crippen LogP contribution is 2.37. The van der Waals surface area contributed by atoms with Crippen LogP contribution in [0, 0.1) is 0 Å². The average Bonchev–Trinajstić information content (AvgIpc) is 3.22. The normalized spacial score (nSPS) is 27.0. The van der Waals surface area contributed by atoms with Crippen molar-refractivity contribution in [3.05, 3.63) is 35.9 Å². The number of nitrogens with zero attached hydrogens (tertiary/aromatic N) is 1. The second-order valence-electron chi connectivity index (χ2n) is 5.65. The van der Waals surface area contributed by atoms with Gasteiger partial charge in [-0.2, -0.15) is 0 Å². The summed E-state index contributed by atoms with van der Waals surface area (Å²) < 4.78 is 0. The largest absolute Gasteiger partial charge is 0.319 e. The summed E-state index contributed by atoms with van der Waals surface area (Å²) in [6.45, 7) is 2.17. The van der Waals surface area contributed by atoms with Crippen LogP contribution in [0.15, 0.2) is 30.3 Å². The van der Waals surface area contributed by atoms with Crippen LogP contribution in [0.4, 0.5) is 0 Å². The van der Waals surface area contributed by atoms with Gasteiger partial charge in [0.1, 0.15) is 6.17 Å². The summed E-state index contributed by atoms with van der Waals surface area (Å²) in [5.41, 5.74) is 1.21. The average molecular weight is 258 g/mol. The molecule has 1 amide bonds. The molecule has 0 aromatic heterocycles. The lowest BCUT2D eigenvalue weighted by Crippen LogP contribution is -2.33. The number of hydrogen-bond acceptors (Lipinski definition) is 2. The van der Waals surface area contributed by atoms with Gasteiger partial charge in [0.25, 0.3) is 0 Å². The summed E-state index contributed by atoms with van der Waals surface area (Å²) in [6.07, 6.45) is 5.63. The first-order chi connectivity index (χ1) is 9.31. The van der Waals surface area contributed by atoms with Crippen LogP contribution in [-0.4, -0.2) is 22.9 Å². The Morgan fingerprint density at radius 1 is 1.26 bits per heavy atom. The Balaban J connectivity index is 1.80. The maximum atomic E-state index is 12.5. The molecule has 2 fully saturated rings. The van der Waals surface area contributed by atoms with Crippen molar-refractivity contribution >= 4 is 5.91 Å². The van der Waals surface area contributed by atoms with E-state index in [2.05, 4.69) is 29.3 Å². The monoisotopic (exact) mass is 258 g/mol. The summed E-state index contributed by atoms with van der Waals surface area (Å²) in [7, 11) is 0. The first kappa shape index (κ1) is 12.7. The van der Waals surface area contributed by atoms with Crippen LogP contribution in [0.3, 0.4) is 0 Å². The second kappa shape index (κ2) is 5.33. The number of nitrogens with one attached hydrogen (secondary N) is 1. The van der Waals surface area contributed by atoms with E-state index in [-0.39, 0.29) is 12.2 Å². The fourth-order valence-electron chi connectivity index (χ4n) is 2.90. The smallest absolute Gasteiger partial charge is 0.241 e. The molecule has 0 radical (unpaired) electrons. The minimum Gasteiger partial charge on any atom is -0.319 e. The van der Waals surface area contributed by atoms with E-state index in [1.807, 2.05) is 18.2 Å². The minimum atomic E-state index is 0.0192. The Morgan fingerprint density at radius 2 is 2.00 bits per heavy atom. The molecule has 2 unspecified atom stereocenters. The van der Waals surface area contributed by atoms with Crippen LogP contribution < -0.4 is 5.32 Å². The first-order valence-corrected chi connectivity index (χ1v) is 7.44. The van der Waals surface area contributed by atoms with Gasteiger partial charge in [-0.05, 0) is 24.8 Å². The molecule has 0 spiro atoms. The molecule has 1 aliphatic carbocycles. The quantitative estimate of drug-likeness (QED) is 0.880. The molecule has 2 atom stereocenters. The van der Waals surface area contributed by atoms with Crippen molar-refractivity contribution in [1.29, 1.82) is 0 Å². The van der Waals surface area contributed by atoms with E-state index in [1.165, 1.54) is 5.56 Å². The van der Waals surface area contributed by atoms with Gasteiger partial charge in [0.15, 0.2) is 0 Å². The predicted octanol–water partition coefficient (Wildman–Crippen LogP) is 2.84. The number of amides is 1. The summed E-state index contributed by atoms with van der Waals surface area (Å²) >= 11 is 0. The van der Waals surface area contributed by atoms with Crippen LogP contribution in [-0.2, 0) is 4.79 Å². The highest BCUT2D eigenvalue weighted by Gasteiger charge is 2.46. The third-order valence-electron chi connectivity index (χ3n) is 4.09. The fourth-order valence-corrected chi connectivity index (χ4v) is 2.90. The zero-order chi connectivity index (χ0) is 13.2. The SMILES string of the molecule is CCCCC1NC(c2ccccc2)N(C2CC2)C1=O. The van der Waals surface area contributed by atoms with Gasteiger partial charge >= 0.3 is 0 Å². The highest BCUT2D eigenvalue weighted by atomic mass is 16.2. The number of unbranched alkanes of at least 4 members (excludes halogenated alkanes) is 1. The van der Waals surface area contributed by atoms with Crippen molar-refractivity contribution in [3.8, 4) is 0 Å². The molecule has 3 rings (SSSR count). The van der Waals surface area contributed by atoms with Crippen LogP contribution in [0.25, 0.3) is 0 Å². The van der Waals surface area contributed by atoms with E-state index in [0.717, 1.165) is 32.1 Å². The van der Waals surface area contributed by atoms with Crippen molar-refractivity contribution in [3.63, 3.8) is 0 Å². The topological polar surface area (TPSA) is 32.3 Å². The number of carbonyl (C=O) groups is 1. The van der Waals surface area contributed by atoms with Crippen LogP contribution in [0.1, 0.15) is 50.8 Å². The lowest BCUT2D eigenvalue weighted by Gasteiger charge is -2.24. The molecule has 1 heterocycles. The van der Waals surface area contributed by atoms with Crippen molar-refractivity contribution in [2.24, 2.45) is 0 Å². The highest BCUT2D eigenvalue weighted by molar-refractivity contribution is 5.85. The van der Waals surface area contributed by atoms with E-state index in [0.29, 0.717) is 11.9 Å². The number of rotatable bonds is 5. The van der Waals surface area contributed by atoms with Gasteiger partial charge in [-0.15, -0.1) is 0 Å². The van der Waals surface area contributed by atoms with Crippen molar-refractivity contribution in [1.82, 2.24) is 10.2 Å². The van der Waals surface area contributed by atoms with E-state index in [9.17, 15) is 4.79 Å². The lowest BCUT2D eigenvalue weighted by atomic mass is 10.1. The summed E-state index contributed by atoms with van der Waals surface area (Å²) in [5, 5.41) is 3.54. The third-order valence-corrected chi connectivity index (χ3v) is 4.09. The zero-order valence-electron chi connectivity index (χ0n) is 11.5. The summed E-state index contributed by atoms with van der Waals surface area (Å²) in [5.74, 6) is 0.310. The van der Waals surface area contributed by atoms with Gasteiger partial charge < -0.3 is 4.90 Å². The predicted molar refractivity (Wildman–Crippen MR) is 75.5 cm³/mol. The molecule has 1 aliphatic heterocycles. The maximum Gasteiger partial charge on any atom is 0.241 e. The van der Waals surface area contributed by atoms with Crippen molar-refractivity contribution in [2.45, 2.75) is 57.3 Å². The molecule has 1 saturated carbocycles. The molecular formula is C16H22N2O. The second-order valence-corrected chi connectivity index (χ2v) is 5.65. The molecule has 2 aliphatic rings. The fraction of sp³-hybridized carbons (Fsp3) is 0.562. The Kier molecular flexibility index (Phi) is 3.56. The van der Waals surface area contributed by atoms with E-state index >= 15 is 0 Å². The summed E-state index contributed by atoms with van der Waals surface area (Å²) in [4.78, 5) is 14.6. The van der Waals surface area contributed by atoms with Crippen molar-refractivity contribution in [2.75, 3.05) is 0 Å². The van der Waals surface area contributed by atoms with Gasteiger partial charge in [-0.25, -0.2) is 0 Å². The minimum absolute atomic E-state index is 0.0192. The first-order valence-electron chi connectivity index (χ1n) is 7.44. The van der Waals surface area contributed by atoms with Crippen LogP contribution in [0.5, 0.6) is 0 Å². The van der Waals surface area contributed by atoms with Gasteiger partial charge in [0.05, 0.1) is 6.04 Å². The lowest BCUT2D eigenvalue weighted by molar-refractivity contribution is -0.130. The van der Waals surface area contributed by atoms with Gasteiger partial charge in [-0.3, -0.25) is 10.1 Å². The molecule has 0 bridgehead atoms. The van der Waals surface area contributed by atoms with Crippen molar-refractivity contribution < 1.29 is 4.79 Å². The van der Waals surface area contributed by atoms with E-state index < -0.39 is 0 Å². The molecule has 3 nitrogen and oxygen atoms in total. The standard InChI is InChI=1S/C16H22N2O/c1-2-3-9-14-16(19)18(13-10-11-13)15(17-14)12-7-5-4-6-8-12/h4-8,13-15,17H,2-3,9-11H2,1H3. The maximum absolute atomic E-state index is 12.5. The van der Waals surface area contributed by atoms with Gasteiger partial charge in [0, 0.05) is 6.04 Å². The molecule has 1 aromatic carbocycles. The number of carbonyl (C=O) groups excluding carboxylic acids is 1.